The van der Waals surface area contributed by atoms with E-state index >= 15 is 0 Å². The van der Waals surface area contributed by atoms with E-state index in [1.54, 1.807) is 0 Å². The van der Waals surface area contributed by atoms with Crippen molar-refractivity contribution in [2.75, 3.05) is 33.8 Å². The summed E-state index contributed by atoms with van der Waals surface area (Å²) in [6.07, 6.45) is 4.88. The van der Waals surface area contributed by atoms with E-state index in [0.29, 0.717) is 13.2 Å². The predicted molar refractivity (Wildman–Crippen MR) is 108 cm³/mol. The Hall–Kier alpha value is -2.54. The lowest BCUT2D eigenvalue weighted by atomic mass is 10.0. The Labute approximate surface area is 161 Å². The van der Waals surface area contributed by atoms with E-state index in [-0.39, 0.29) is 12.1 Å². The molecular weight excluding hydrogens is 340 g/mol. The summed E-state index contributed by atoms with van der Waals surface area (Å²) in [5, 5.41) is 11.3. The first kappa shape index (κ1) is 19.2. The lowest BCUT2D eigenvalue weighted by molar-refractivity contribution is 0.261. The molecule has 146 valence electrons. The van der Waals surface area contributed by atoms with E-state index in [9.17, 15) is 0 Å². The fourth-order valence-corrected chi connectivity index (χ4v) is 3.33. The van der Waals surface area contributed by atoms with Gasteiger partial charge in [-0.15, -0.1) is 0 Å². The van der Waals surface area contributed by atoms with Crippen LogP contribution in [0.4, 0.5) is 0 Å². The fraction of sp³-hybridized carbons (Fsp3) is 0.500. The number of likely N-dealkylation sites (N-methyl/N-ethyl adjacent to an activating group) is 1. The van der Waals surface area contributed by atoms with Gasteiger partial charge in [0.15, 0.2) is 5.96 Å². The zero-order chi connectivity index (χ0) is 19.2. The maximum absolute atomic E-state index is 5.77. The van der Waals surface area contributed by atoms with Crippen LogP contribution in [-0.2, 0) is 7.05 Å². The minimum atomic E-state index is 0.177. The molecule has 1 aromatic heterocycles. The van der Waals surface area contributed by atoms with Gasteiger partial charge in [0.25, 0.3) is 0 Å². The summed E-state index contributed by atoms with van der Waals surface area (Å²) in [5.41, 5.74) is 2.35. The maximum Gasteiger partial charge on any atom is 0.191 e. The first-order chi connectivity index (χ1) is 13.1. The molecule has 2 atom stereocenters. The van der Waals surface area contributed by atoms with Gasteiger partial charge < -0.3 is 20.3 Å². The van der Waals surface area contributed by atoms with Gasteiger partial charge in [0, 0.05) is 37.3 Å². The molecule has 2 heterocycles. The Morgan fingerprint density at radius 2 is 2.22 bits per heavy atom. The normalized spacial score (nSPS) is 18.0. The smallest absolute Gasteiger partial charge is 0.191 e. The zero-order valence-corrected chi connectivity index (χ0v) is 16.6. The van der Waals surface area contributed by atoms with Gasteiger partial charge in [-0.25, -0.2) is 0 Å². The number of nitrogens with one attached hydrogen (secondary N) is 2. The first-order valence-corrected chi connectivity index (χ1v) is 9.50. The highest BCUT2D eigenvalue weighted by molar-refractivity contribution is 5.80. The average Bonchev–Trinajstić information content (AvgIpc) is 3.08. The summed E-state index contributed by atoms with van der Waals surface area (Å²) >= 11 is 0. The van der Waals surface area contributed by atoms with Gasteiger partial charge in [-0.3, -0.25) is 9.67 Å². The summed E-state index contributed by atoms with van der Waals surface area (Å²) in [7, 11) is 6.08. The number of rotatable bonds is 6. The van der Waals surface area contributed by atoms with Gasteiger partial charge in [-0.05, 0) is 27.1 Å². The topological polar surface area (TPSA) is 66.7 Å². The van der Waals surface area contributed by atoms with Crippen LogP contribution >= 0.6 is 0 Å². The minimum absolute atomic E-state index is 0.177. The molecule has 7 nitrogen and oxygen atoms in total. The zero-order valence-electron chi connectivity index (χ0n) is 16.6. The fourth-order valence-electron chi connectivity index (χ4n) is 3.33. The van der Waals surface area contributed by atoms with E-state index in [1.165, 1.54) is 11.1 Å². The van der Waals surface area contributed by atoms with Crippen LogP contribution in [0, 0.1) is 0 Å². The number of nitrogens with zero attached hydrogens (tertiary/aromatic N) is 4. The minimum Gasteiger partial charge on any atom is -0.493 e. The van der Waals surface area contributed by atoms with Gasteiger partial charge in [-0.1, -0.05) is 18.2 Å². The molecule has 0 fully saturated rings. The van der Waals surface area contributed by atoms with E-state index in [2.05, 4.69) is 60.0 Å². The van der Waals surface area contributed by atoms with Crippen LogP contribution in [0.15, 0.2) is 41.7 Å². The number of benzene rings is 1. The summed E-state index contributed by atoms with van der Waals surface area (Å²) in [5.74, 6) is 1.79. The van der Waals surface area contributed by atoms with Crippen LogP contribution in [0.1, 0.15) is 36.6 Å². The number of para-hydroxylation sites is 1. The SMILES string of the molecule is CCNC(=NCC(c1cnn(C)c1)N(C)C)NC1CCOc2ccccc21. The molecule has 0 saturated carbocycles. The molecule has 0 saturated heterocycles. The highest BCUT2D eigenvalue weighted by atomic mass is 16.5. The summed E-state index contributed by atoms with van der Waals surface area (Å²) in [6.45, 7) is 4.26. The quantitative estimate of drug-likeness (QED) is 0.602. The number of guanidine groups is 1. The van der Waals surface area contributed by atoms with E-state index < -0.39 is 0 Å². The predicted octanol–water partition coefficient (Wildman–Crippen LogP) is 2.10. The van der Waals surface area contributed by atoms with Crippen molar-refractivity contribution in [3.8, 4) is 5.75 Å². The molecule has 0 spiro atoms. The molecule has 2 unspecified atom stereocenters. The van der Waals surface area contributed by atoms with Crippen molar-refractivity contribution in [2.24, 2.45) is 12.0 Å². The Morgan fingerprint density at radius 1 is 1.41 bits per heavy atom. The Kier molecular flexibility index (Phi) is 6.34. The van der Waals surface area contributed by atoms with Crippen molar-refractivity contribution < 1.29 is 4.74 Å². The number of fused-ring (bicyclic) bond motifs is 1. The molecule has 0 aliphatic carbocycles. The average molecular weight is 371 g/mol. The number of hydrogen-bond donors (Lipinski definition) is 2. The highest BCUT2D eigenvalue weighted by Gasteiger charge is 2.22. The van der Waals surface area contributed by atoms with Crippen molar-refractivity contribution >= 4 is 5.96 Å². The standard InChI is InChI=1S/C20H30N6O/c1-5-21-20(22-13-18(25(2)3)15-12-23-26(4)14-15)24-17-10-11-27-19-9-7-6-8-16(17)19/h6-9,12,14,17-18H,5,10-11,13H2,1-4H3,(H2,21,22,24). The van der Waals surface area contributed by atoms with Crippen molar-refractivity contribution in [2.45, 2.75) is 25.4 Å². The van der Waals surface area contributed by atoms with Gasteiger partial charge in [0.05, 0.1) is 31.4 Å². The van der Waals surface area contributed by atoms with Crippen LogP contribution in [0.25, 0.3) is 0 Å². The third-order valence-electron chi connectivity index (χ3n) is 4.77. The van der Waals surface area contributed by atoms with Crippen LogP contribution in [0.2, 0.25) is 0 Å². The second-order valence-corrected chi connectivity index (χ2v) is 7.02. The molecule has 2 aromatic rings. The summed E-state index contributed by atoms with van der Waals surface area (Å²) in [4.78, 5) is 7.04. The Balaban J connectivity index is 1.75. The third kappa shape index (κ3) is 4.80. The number of ether oxygens (including phenoxy) is 1. The number of hydrogen-bond acceptors (Lipinski definition) is 4. The molecule has 0 amide bonds. The molecule has 1 aliphatic rings. The lowest BCUT2D eigenvalue weighted by Gasteiger charge is -2.28. The largest absolute Gasteiger partial charge is 0.493 e. The molecule has 1 aliphatic heterocycles. The summed E-state index contributed by atoms with van der Waals surface area (Å²) in [6, 6.07) is 8.58. The van der Waals surface area contributed by atoms with Crippen molar-refractivity contribution in [3.63, 3.8) is 0 Å². The van der Waals surface area contributed by atoms with E-state index in [1.807, 2.05) is 30.1 Å². The molecule has 3 rings (SSSR count). The van der Waals surface area contributed by atoms with Crippen molar-refractivity contribution in [1.82, 2.24) is 25.3 Å². The van der Waals surface area contributed by atoms with Crippen molar-refractivity contribution in [1.29, 1.82) is 0 Å². The Morgan fingerprint density at radius 3 is 2.93 bits per heavy atom. The van der Waals surface area contributed by atoms with Gasteiger partial charge in [0.2, 0.25) is 0 Å². The van der Waals surface area contributed by atoms with Gasteiger partial charge in [-0.2, -0.15) is 5.10 Å². The third-order valence-corrected chi connectivity index (χ3v) is 4.77. The molecule has 1 aromatic carbocycles. The van der Waals surface area contributed by atoms with Gasteiger partial charge >= 0.3 is 0 Å². The number of aromatic nitrogens is 2. The molecule has 0 bridgehead atoms. The Bertz CT molecular complexity index is 769. The molecular formula is C20H30N6O. The van der Waals surface area contributed by atoms with Crippen LogP contribution in [0.3, 0.4) is 0 Å². The van der Waals surface area contributed by atoms with Crippen molar-refractivity contribution in [3.05, 3.63) is 47.8 Å². The second kappa shape index (κ2) is 8.90. The van der Waals surface area contributed by atoms with E-state index in [0.717, 1.165) is 24.7 Å². The first-order valence-electron chi connectivity index (χ1n) is 9.50. The molecule has 2 N–H and O–H groups in total. The number of aryl methyl sites for hydroxylation is 1. The maximum atomic E-state index is 5.77. The highest BCUT2D eigenvalue weighted by Crippen LogP contribution is 2.31. The van der Waals surface area contributed by atoms with Gasteiger partial charge in [0.1, 0.15) is 5.75 Å². The van der Waals surface area contributed by atoms with Crippen LogP contribution in [-0.4, -0.2) is 54.4 Å². The van der Waals surface area contributed by atoms with Crippen LogP contribution in [0.5, 0.6) is 5.75 Å². The molecule has 7 heteroatoms. The van der Waals surface area contributed by atoms with E-state index in [4.69, 9.17) is 9.73 Å². The summed E-state index contributed by atoms with van der Waals surface area (Å²) < 4.78 is 7.60. The second-order valence-electron chi connectivity index (χ2n) is 7.02. The molecule has 0 radical (unpaired) electrons. The number of aliphatic imine (C=N–C) groups is 1. The lowest BCUT2D eigenvalue weighted by Crippen LogP contribution is -2.41. The molecule has 27 heavy (non-hydrogen) atoms. The van der Waals surface area contributed by atoms with Crippen LogP contribution < -0.4 is 15.4 Å². The monoisotopic (exact) mass is 370 g/mol.